The van der Waals surface area contributed by atoms with Gasteiger partial charge in [0.15, 0.2) is 0 Å². The zero-order valence-corrected chi connectivity index (χ0v) is 17.1. The highest BCUT2D eigenvalue weighted by molar-refractivity contribution is 8.05. The number of carbonyl (C=O) groups is 2. The molecule has 5 nitrogen and oxygen atoms in total. The van der Waals surface area contributed by atoms with Crippen LogP contribution in [-0.2, 0) is 16.0 Å². The van der Waals surface area contributed by atoms with Gasteiger partial charge in [-0.1, -0.05) is 65.3 Å². The van der Waals surface area contributed by atoms with Gasteiger partial charge in [0.25, 0.3) is 5.91 Å². The van der Waals surface area contributed by atoms with Gasteiger partial charge in [-0.05, 0) is 30.2 Å². The van der Waals surface area contributed by atoms with Crippen molar-refractivity contribution in [2.24, 2.45) is 0 Å². The van der Waals surface area contributed by atoms with E-state index in [-0.39, 0.29) is 11.5 Å². The van der Waals surface area contributed by atoms with E-state index in [2.05, 4.69) is 5.32 Å². The Morgan fingerprint density at radius 1 is 1.21 bits per heavy atom. The van der Waals surface area contributed by atoms with E-state index < -0.39 is 11.2 Å². The number of nitriles is 1. The summed E-state index contributed by atoms with van der Waals surface area (Å²) in [6, 6.07) is 16.1. The monoisotopic (exact) mass is 431 g/mol. The second kappa shape index (κ2) is 8.70. The summed E-state index contributed by atoms with van der Waals surface area (Å²) in [5, 5.41) is 12.6. The molecular weight excluding hydrogens is 417 g/mol. The summed E-state index contributed by atoms with van der Waals surface area (Å²) in [4.78, 5) is 26.8. The van der Waals surface area contributed by atoms with Crippen molar-refractivity contribution >= 4 is 52.5 Å². The van der Waals surface area contributed by atoms with Gasteiger partial charge in [0.05, 0.1) is 15.3 Å². The molecule has 2 aromatic rings. The van der Waals surface area contributed by atoms with E-state index in [1.165, 1.54) is 23.7 Å². The molecule has 0 spiro atoms. The Morgan fingerprint density at radius 2 is 1.93 bits per heavy atom. The summed E-state index contributed by atoms with van der Waals surface area (Å²) in [6.45, 7) is 0. The molecule has 1 saturated heterocycles. The molecule has 0 aliphatic carbocycles. The fraction of sp³-hybridized carbons (Fsp3) is 0.150. The van der Waals surface area contributed by atoms with Gasteiger partial charge in [0.1, 0.15) is 16.7 Å². The van der Waals surface area contributed by atoms with Crippen molar-refractivity contribution in [3.8, 4) is 6.07 Å². The van der Waals surface area contributed by atoms with E-state index in [1.54, 1.807) is 42.5 Å². The number of amides is 2. The summed E-state index contributed by atoms with van der Waals surface area (Å²) in [7, 11) is 1.44. The Labute approximate surface area is 176 Å². The van der Waals surface area contributed by atoms with Gasteiger partial charge in [-0.2, -0.15) is 5.26 Å². The first kappa shape index (κ1) is 20.3. The molecule has 2 aromatic carbocycles. The lowest BCUT2D eigenvalue weighted by atomic mass is 10.1. The number of likely N-dealkylation sites (N-methyl/N-ethyl adjacent to an activating group) is 1. The molecule has 2 amide bonds. The van der Waals surface area contributed by atoms with Gasteiger partial charge < -0.3 is 5.32 Å². The molecular formula is C20H15Cl2N3O2S. The van der Waals surface area contributed by atoms with Gasteiger partial charge in [0.2, 0.25) is 5.91 Å². The van der Waals surface area contributed by atoms with Crippen LogP contribution >= 0.6 is 35.0 Å². The van der Waals surface area contributed by atoms with Crippen LogP contribution in [0.4, 0.5) is 5.69 Å². The van der Waals surface area contributed by atoms with Crippen LogP contribution in [-0.4, -0.2) is 24.1 Å². The number of carbonyl (C=O) groups excluding carboxylic acids is 2. The lowest BCUT2D eigenvalue weighted by Crippen LogP contribution is -2.31. The number of hydrogen-bond donors (Lipinski definition) is 1. The lowest BCUT2D eigenvalue weighted by Gasteiger charge is -2.18. The Bertz CT molecular complexity index is 1000. The predicted molar refractivity (Wildman–Crippen MR) is 112 cm³/mol. The van der Waals surface area contributed by atoms with E-state index in [1.807, 2.05) is 12.1 Å². The zero-order valence-electron chi connectivity index (χ0n) is 14.8. The highest BCUT2D eigenvalue weighted by atomic mass is 35.5. The largest absolute Gasteiger partial charge is 0.354 e. The first-order valence-electron chi connectivity index (χ1n) is 8.33. The van der Waals surface area contributed by atoms with Gasteiger partial charge >= 0.3 is 0 Å². The van der Waals surface area contributed by atoms with Crippen LogP contribution in [0.25, 0.3) is 0 Å². The van der Waals surface area contributed by atoms with E-state index >= 15 is 0 Å². The molecule has 0 unspecified atom stereocenters. The summed E-state index contributed by atoms with van der Waals surface area (Å²) in [5.74, 6) is -0.765. The molecule has 8 heteroatoms. The average Bonchev–Trinajstić information content (AvgIpc) is 3.02. The standard InChI is InChI=1S/C20H15Cl2N3O2S/c1-24-18(26)14(11-23)20-25(13-7-3-2-4-8-13)19(27)16(28-20)10-12-6-5-9-15(21)17(12)22/h2-9,16H,10H2,1H3,(H,24,26)/b20-14+/t16-/m1/s1. The van der Waals surface area contributed by atoms with Crippen LogP contribution < -0.4 is 10.2 Å². The van der Waals surface area contributed by atoms with E-state index in [0.29, 0.717) is 27.2 Å². The van der Waals surface area contributed by atoms with Crippen molar-refractivity contribution in [2.45, 2.75) is 11.7 Å². The average molecular weight is 432 g/mol. The summed E-state index contributed by atoms with van der Waals surface area (Å²) in [5.41, 5.74) is 1.21. The molecule has 3 rings (SSSR count). The molecule has 1 heterocycles. The minimum absolute atomic E-state index is 0.107. The Hall–Kier alpha value is -2.46. The number of nitrogens with one attached hydrogen (secondary N) is 1. The third-order valence-corrected chi connectivity index (χ3v) is 6.30. The highest BCUT2D eigenvalue weighted by Crippen LogP contribution is 2.42. The first-order chi connectivity index (χ1) is 13.5. The van der Waals surface area contributed by atoms with Gasteiger partial charge in [-0.15, -0.1) is 0 Å². The van der Waals surface area contributed by atoms with E-state index in [0.717, 1.165) is 5.56 Å². The normalized spacial score (nSPS) is 18.0. The van der Waals surface area contributed by atoms with Crippen LogP contribution in [0.1, 0.15) is 5.56 Å². The number of halogens is 2. The zero-order chi connectivity index (χ0) is 20.3. The van der Waals surface area contributed by atoms with Crippen LogP contribution in [0.3, 0.4) is 0 Å². The van der Waals surface area contributed by atoms with Crippen molar-refractivity contribution in [3.63, 3.8) is 0 Å². The number of hydrogen-bond acceptors (Lipinski definition) is 4. The SMILES string of the molecule is CNC(=O)/C(C#N)=C1/S[C@H](Cc2cccc(Cl)c2Cl)C(=O)N1c1ccccc1. The maximum absolute atomic E-state index is 13.2. The molecule has 0 bridgehead atoms. The van der Waals surface area contributed by atoms with Crippen molar-refractivity contribution in [1.82, 2.24) is 5.32 Å². The Morgan fingerprint density at radius 3 is 2.57 bits per heavy atom. The predicted octanol–water partition coefficient (Wildman–Crippen LogP) is 4.17. The summed E-state index contributed by atoms with van der Waals surface area (Å²) >= 11 is 13.5. The number of nitrogens with zero attached hydrogens (tertiary/aromatic N) is 2. The van der Waals surface area contributed by atoms with Gasteiger partial charge in [-0.3, -0.25) is 14.5 Å². The summed E-state index contributed by atoms with van der Waals surface area (Å²) < 4.78 is 0. The van der Waals surface area contributed by atoms with Crippen molar-refractivity contribution < 1.29 is 9.59 Å². The van der Waals surface area contributed by atoms with Crippen molar-refractivity contribution in [3.05, 3.63) is 74.7 Å². The van der Waals surface area contributed by atoms with Crippen LogP contribution in [0.15, 0.2) is 59.1 Å². The maximum Gasteiger partial charge on any atom is 0.264 e. The third kappa shape index (κ3) is 3.88. The third-order valence-electron chi connectivity index (χ3n) is 4.18. The van der Waals surface area contributed by atoms with Gasteiger partial charge in [0, 0.05) is 12.7 Å². The molecule has 0 aromatic heterocycles. The van der Waals surface area contributed by atoms with E-state index in [4.69, 9.17) is 23.2 Å². The smallest absolute Gasteiger partial charge is 0.264 e. The molecule has 1 fully saturated rings. The van der Waals surface area contributed by atoms with Crippen molar-refractivity contribution in [2.75, 3.05) is 11.9 Å². The molecule has 1 atom stereocenters. The molecule has 1 N–H and O–H groups in total. The lowest BCUT2D eigenvalue weighted by molar-refractivity contribution is -0.117. The fourth-order valence-electron chi connectivity index (χ4n) is 2.83. The second-order valence-electron chi connectivity index (χ2n) is 5.90. The number of thioether (sulfide) groups is 1. The fourth-order valence-corrected chi connectivity index (χ4v) is 4.52. The first-order valence-corrected chi connectivity index (χ1v) is 9.96. The number of anilines is 1. The number of benzene rings is 2. The molecule has 142 valence electrons. The number of rotatable bonds is 4. The Kier molecular flexibility index (Phi) is 6.30. The minimum Gasteiger partial charge on any atom is -0.354 e. The van der Waals surface area contributed by atoms with Crippen LogP contribution in [0, 0.1) is 11.3 Å². The highest BCUT2D eigenvalue weighted by Gasteiger charge is 2.40. The summed E-state index contributed by atoms with van der Waals surface area (Å²) in [6.07, 6.45) is 0.322. The molecule has 0 radical (unpaired) electrons. The molecule has 28 heavy (non-hydrogen) atoms. The molecule has 1 aliphatic rings. The van der Waals surface area contributed by atoms with Crippen LogP contribution in [0.2, 0.25) is 10.0 Å². The quantitative estimate of drug-likeness (QED) is 0.582. The number of para-hydroxylation sites is 1. The topological polar surface area (TPSA) is 73.2 Å². The minimum atomic E-state index is -0.542. The molecule has 1 aliphatic heterocycles. The van der Waals surface area contributed by atoms with Gasteiger partial charge in [-0.25, -0.2) is 0 Å². The van der Waals surface area contributed by atoms with Crippen molar-refractivity contribution in [1.29, 1.82) is 5.26 Å². The van der Waals surface area contributed by atoms with Crippen LogP contribution in [0.5, 0.6) is 0 Å². The molecule has 0 saturated carbocycles. The maximum atomic E-state index is 13.2. The van der Waals surface area contributed by atoms with E-state index in [9.17, 15) is 14.9 Å². The Balaban J connectivity index is 2.05. The second-order valence-corrected chi connectivity index (χ2v) is 7.88.